The van der Waals surface area contributed by atoms with Crippen LogP contribution in [0, 0.1) is 18.3 Å². The molecule has 3 N–H and O–H groups in total. The van der Waals surface area contributed by atoms with Gasteiger partial charge in [-0.3, -0.25) is 10.1 Å². The van der Waals surface area contributed by atoms with Gasteiger partial charge in [-0.15, -0.1) is 11.3 Å². The van der Waals surface area contributed by atoms with Crippen LogP contribution in [0.3, 0.4) is 0 Å². The lowest BCUT2D eigenvalue weighted by molar-refractivity contribution is 0.102. The van der Waals surface area contributed by atoms with Gasteiger partial charge in [0.15, 0.2) is 5.13 Å². The number of carbonyl (C=O) groups excluding carboxylic acids is 1. The fourth-order valence-electron chi connectivity index (χ4n) is 2.04. The summed E-state index contributed by atoms with van der Waals surface area (Å²) in [6, 6.07) is 8.63. The van der Waals surface area contributed by atoms with Crippen LogP contribution in [-0.2, 0) is 6.42 Å². The van der Waals surface area contributed by atoms with Gasteiger partial charge in [0.25, 0.3) is 5.91 Å². The van der Waals surface area contributed by atoms with E-state index in [1.807, 2.05) is 13.0 Å². The van der Waals surface area contributed by atoms with Crippen LogP contribution in [0.4, 0.5) is 5.13 Å². The second-order valence-electron chi connectivity index (χ2n) is 4.92. The summed E-state index contributed by atoms with van der Waals surface area (Å²) in [5.41, 5.74) is 7.36. The molecule has 6 heteroatoms. The minimum atomic E-state index is -0.251. The topological polar surface area (TPSA) is 91.8 Å². The number of benzene rings is 1. The standard InChI is InChI=1S/C16H18N4OS/c1-11-14(7-2-3-8-17)22-16(19-11)20-15(21)13-6-4-5-12(9-13)10-18/h4-6,9H,2-3,7-8,17H2,1H3,(H,19,20,21). The summed E-state index contributed by atoms with van der Waals surface area (Å²) in [6.07, 6.45) is 2.94. The van der Waals surface area contributed by atoms with E-state index in [9.17, 15) is 4.79 Å². The van der Waals surface area contributed by atoms with Gasteiger partial charge in [0.2, 0.25) is 0 Å². The van der Waals surface area contributed by atoms with Crippen molar-refractivity contribution in [3.8, 4) is 6.07 Å². The van der Waals surface area contributed by atoms with Crippen LogP contribution >= 0.6 is 11.3 Å². The van der Waals surface area contributed by atoms with Gasteiger partial charge in [-0.25, -0.2) is 4.98 Å². The highest BCUT2D eigenvalue weighted by atomic mass is 32.1. The molecule has 0 atom stereocenters. The van der Waals surface area contributed by atoms with Crippen LogP contribution in [0.1, 0.15) is 39.3 Å². The Morgan fingerprint density at radius 3 is 3.00 bits per heavy atom. The van der Waals surface area contributed by atoms with Crippen molar-refractivity contribution in [2.24, 2.45) is 5.73 Å². The predicted octanol–water partition coefficient (Wildman–Crippen LogP) is 2.86. The molecule has 1 aromatic carbocycles. The predicted molar refractivity (Wildman–Crippen MR) is 88.0 cm³/mol. The first kappa shape index (κ1) is 16.1. The van der Waals surface area contributed by atoms with Gasteiger partial charge >= 0.3 is 0 Å². The Bertz CT molecular complexity index is 702. The number of unbranched alkanes of at least 4 members (excludes halogenated alkanes) is 1. The van der Waals surface area contributed by atoms with E-state index >= 15 is 0 Å². The number of aromatic nitrogens is 1. The molecule has 0 bridgehead atoms. The Labute approximate surface area is 133 Å². The summed E-state index contributed by atoms with van der Waals surface area (Å²) in [5, 5.41) is 12.3. The van der Waals surface area contributed by atoms with Crippen LogP contribution in [0.25, 0.3) is 0 Å². The van der Waals surface area contributed by atoms with E-state index in [0.717, 1.165) is 25.0 Å². The molecule has 0 saturated carbocycles. The first-order valence-corrected chi connectivity index (χ1v) is 7.93. The quantitative estimate of drug-likeness (QED) is 0.802. The Kier molecular flexibility index (Phi) is 5.64. The van der Waals surface area contributed by atoms with Gasteiger partial charge in [-0.2, -0.15) is 5.26 Å². The zero-order valence-electron chi connectivity index (χ0n) is 12.4. The van der Waals surface area contributed by atoms with E-state index in [-0.39, 0.29) is 5.91 Å². The molecule has 0 saturated heterocycles. The monoisotopic (exact) mass is 314 g/mol. The second kappa shape index (κ2) is 7.69. The van der Waals surface area contributed by atoms with Crippen LogP contribution in [-0.4, -0.2) is 17.4 Å². The molecule has 0 unspecified atom stereocenters. The van der Waals surface area contributed by atoms with Crippen molar-refractivity contribution in [3.05, 3.63) is 46.0 Å². The van der Waals surface area contributed by atoms with Gasteiger partial charge < -0.3 is 5.73 Å². The molecule has 0 aliphatic carbocycles. The number of carbonyl (C=O) groups is 1. The van der Waals surface area contributed by atoms with Crippen molar-refractivity contribution in [1.29, 1.82) is 5.26 Å². The SMILES string of the molecule is Cc1nc(NC(=O)c2cccc(C#N)c2)sc1CCCCN. The number of hydrogen-bond donors (Lipinski definition) is 2. The van der Waals surface area contributed by atoms with E-state index in [4.69, 9.17) is 11.0 Å². The summed E-state index contributed by atoms with van der Waals surface area (Å²) in [4.78, 5) is 17.8. The van der Waals surface area contributed by atoms with E-state index in [2.05, 4.69) is 10.3 Å². The highest BCUT2D eigenvalue weighted by Gasteiger charge is 2.12. The van der Waals surface area contributed by atoms with Crippen LogP contribution in [0.5, 0.6) is 0 Å². The van der Waals surface area contributed by atoms with Crippen molar-refractivity contribution in [2.45, 2.75) is 26.2 Å². The van der Waals surface area contributed by atoms with Crippen molar-refractivity contribution in [1.82, 2.24) is 4.98 Å². The third-order valence-electron chi connectivity index (χ3n) is 3.22. The lowest BCUT2D eigenvalue weighted by Crippen LogP contribution is -2.11. The zero-order valence-corrected chi connectivity index (χ0v) is 13.2. The third-order valence-corrected chi connectivity index (χ3v) is 4.36. The van der Waals surface area contributed by atoms with Crippen LogP contribution < -0.4 is 11.1 Å². The summed E-state index contributed by atoms with van der Waals surface area (Å²) in [5.74, 6) is -0.251. The number of amides is 1. The number of hydrogen-bond acceptors (Lipinski definition) is 5. The first-order chi connectivity index (χ1) is 10.6. The van der Waals surface area contributed by atoms with E-state index in [0.29, 0.717) is 22.8 Å². The third kappa shape index (κ3) is 4.13. The highest BCUT2D eigenvalue weighted by molar-refractivity contribution is 7.15. The molecule has 2 aromatic rings. The Morgan fingerprint density at radius 1 is 1.45 bits per heavy atom. The summed E-state index contributed by atoms with van der Waals surface area (Å²) in [6.45, 7) is 2.64. The van der Waals surface area contributed by atoms with Crippen LogP contribution in [0.15, 0.2) is 24.3 Å². The minimum Gasteiger partial charge on any atom is -0.330 e. The van der Waals surface area contributed by atoms with Gasteiger partial charge in [0.1, 0.15) is 0 Å². The van der Waals surface area contributed by atoms with Crippen molar-refractivity contribution in [3.63, 3.8) is 0 Å². The normalized spacial score (nSPS) is 10.2. The molecule has 0 aliphatic heterocycles. The molecule has 1 heterocycles. The number of thiazole rings is 1. The Morgan fingerprint density at radius 2 is 2.27 bits per heavy atom. The summed E-state index contributed by atoms with van der Waals surface area (Å²) in [7, 11) is 0. The van der Waals surface area contributed by atoms with Crippen molar-refractivity contribution in [2.75, 3.05) is 11.9 Å². The average Bonchev–Trinajstić information content (AvgIpc) is 2.87. The molecule has 1 amide bonds. The van der Waals surface area contributed by atoms with E-state index in [1.165, 1.54) is 16.2 Å². The molecule has 0 radical (unpaired) electrons. The summed E-state index contributed by atoms with van der Waals surface area (Å²) < 4.78 is 0. The molecular weight excluding hydrogens is 296 g/mol. The Balaban J connectivity index is 2.05. The number of nitrogens with one attached hydrogen (secondary N) is 1. The van der Waals surface area contributed by atoms with Crippen molar-refractivity contribution >= 4 is 22.4 Å². The zero-order chi connectivity index (χ0) is 15.9. The van der Waals surface area contributed by atoms with Gasteiger partial charge in [-0.1, -0.05) is 6.07 Å². The molecule has 1 aromatic heterocycles. The number of anilines is 1. The number of rotatable bonds is 6. The fourth-order valence-corrected chi connectivity index (χ4v) is 3.04. The van der Waals surface area contributed by atoms with Crippen molar-refractivity contribution < 1.29 is 4.79 Å². The van der Waals surface area contributed by atoms with Gasteiger partial charge in [-0.05, 0) is 50.9 Å². The average molecular weight is 314 g/mol. The van der Waals surface area contributed by atoms with Gasteiger partial charge in [0, 0.05) is 10.4 Å². The maximum Gasteiger partial charge on any atom is 0.257 e. The number of aryl methyl sites for hydroxylation is 2. The summed E-state index contributed by atoms with van der Waals surface area (Å²) >= 11 is 1.49. The fraction of sp³-hybridized carbons (Fsp3) is 0.312. The maximum absolute atomic E-state index is 12.2. The molecule has 5 nitrogen and oxygen atoms in total. The van der Waals surface area contributed by atoms with Crippen LogP contribution in [0.2, 0.25) is 0 Å². The molecule has 2 rings (SSSR count). The first-order valence-electron chi connectivity index (χ1n) is 7.12. The highest BCUT2D eigenvalue weighted by Crippen LogP contribution is 2.24. The smallest absolute Gasteiger partial charge is 0.257 e. The number of nitriles is 1. The second-order valence-corrected chi connectivity index (χ2v) is 6.00. The number of nitrogens with two attached hydrogens (primary N) is 1. The lowest BCUT2D eigenvalue weighted by Gasteiger charge is -2.01. The maximum atomic E-state index is 12.2. The van der Waals surface area contributed by atoms with E-state index in [1.54, 1.807) is 24.3 Å². The molecule has 0 aliphatic rings. The largest absolute Gasteiger partial charge is 0.330 e. The van der Waals surface area contributed by atoms with E-state index < -0.39 is 0 Å². The Hall–Kier alpha value is -2.23. The van der Waals surface area contributed by atoms with Gasteiger partial charge in [0.05, 0.1) is 17.3 Å². The molecule has 0 fully saturated rings. The minimum absolute atomic E-state index is 0.251. The number of nitrogens with zero attached hydrogens (tertiary/aromatic N) is 2. The molecule has 0 spiro atoms. The molecular formula is C16H18N4OS. The molecule has 22 heavy (non-hydrogen) atoms. The molecule has 114 valence electrons. The lowest BCUT2D eigenvalue weighted by atomic mass is 10.1.